The van der Waals surface area contributed by atoms with Crippen LogP contribution < -0.4 is 5.32 Å². The van der Waals surface area contributed by atoms with E-state index in [-0.39, 0.29) is 17.7 Å². The Morgan fingerprint density at radius 2 is 1.73 bits per heavy atom. The Balaban J connectivity index is 1.53. The lowest BCUT2D eigenvalue weighted by Gasteiger charge is -2.31. The number of carbonyl (C=O) groups is 3. The second-order valence-corrected chi connectivity index (χ2v) is 7.62. The Bertz CT molecular complexity index is 903. The van der Waals surface area contributed by atoms with E-state index in [0.717, 1.165) is 17.5 Å². The zero-order valence-corrected chi connectivity index (χ0v) is 17.5. The highest BCUT2D eigenvalue weighted by atomic mass is 16.5. The highest BCUT2D eigenvalue weighted by Gasteiger charge is 2.28. The smallest absolute Gasteiger partial charge is 0.339 e. The minimum Gasteiger partial charge on any atom is -0.465 e. The summed E-state index contributed by atoms with van der Waals surface area (Å²) in [4.78, 5) is 39.2. The number of amides is 2. The second kappa shape index (κ2) is 10.1. The summed E-state index contributed by atoms with van der Waals surface area (Å²) < 4.78 is 4.82. The fourth-order valence-corrected chi connectivity index (χ4v) is 3.78. The molecule has 0 bridgehead atoms. The summed E-state index contributed by atoms with van der Waals surface area (Å²) in [6, 6.07) is 15.2. The van der Waals surface area contributed by atoms with Gasteiger partial charge < -0.3 is 15.0 Å². The second-order valence-electron chi connectivity index (χ2n) is 7.62. The lowest BCUT2D eigenvalue weighted by molar-refractivity contribution is -0.134. The molecule has 0 atom stereocenters. The van der Waals surface area contributed by atoms with Crippen molar-refractivity contribution in [2.45, 2.75) is 32.6 Å². The topological polar surface area (TPSA) is 75.7 Å². The lowest BCUT2D eigenvalue weighted by atomic mass is 9.95. The van der Waals surface area contributed by atoms with Gasteiger partial charge >= 0.3 is 5.97 Å². The van der Waals surface area contributed by atoms with E-state index < -0.39 is 5.97 Å². The zero-order valence-electron chi connectivity index (χ0n) is 17.5. The maximum Gasteiger partial charge on any atom is 0.339 e. The molecule has 1 N–H and O–H groups in total. The van der Waals surface area contributed by atoms with Crippen molar-refractivity contribution in [1.29, 1.82) is 0 Å². The standard InChI is InChI=1S/C24H28N2O4/c1-17-7-6-10-20(24(29)30-2)22(17)25-23(28)19-13-15-26(16-14-19)21(27)12-11-18-8-4-3-5-9-18/h3-10,19H,11-16H2,1-2H3,(H,25,28). The van der Waals surface area contributed by atoms with Gasteiger partial charge in [-0.2, -0.15) is 0 Å². The van der Waals surface area contributed by atoms with Crippen LogP contribution in [0.2, 0.25) is 0 Å². The molecule has 6 heteroatoms. The SMILES string of the molecule is COC(=O)c1cccc(C)c1NC(=O)C1CCN(C(=O)CCc2ccccc2)CC1. The number of rotatable bonds is 6. The molecule has 0 aliphatic carbocycles. The summed E-state index contributed by atoms with van der Waals surface area (Å²) in [6.45, 7) is 2.99. The monoisotopic (exact) mass is 408 g/mol. The number of hydrogen-bond donors (Lipinski definition) is 1. The van der Waals surface area contributed by atoms with E-state index in [0.29, 0.717) is 43.6 Å². The van der Waals surface area contributed by atoms with E-state index in [1.807, 2.05) is 48.2 Å². The van der Waals surface area contributed by atoms with Crippen molar-refractivity contribution < 1.29 is 19.1 Å². The highest BCUT2D eigenvalue weighted by molar-refractivity contribution is 6.02. The molecular formula is C24H28N2O4. The number of nitrogens with zero attached hydrogens (tertiary/aromatic N) is 1. The molecule has 2 amide bonds. The predicted molar refractivity (Wildman–Crippen MR) is 115 cm³/mol. The van der Waals surface area contributed by atoms with Crippen LogP contribution in [0, 0.1) is 12.8 Å². The molecule has 6 nitrogen and oxygen atoms in total. The van der Waals surface area contributed by atoms with Crippen molar-refractivity contribution in [3.63, 3.8) is 0 Å². The molecule has 1 heterocycles. The van der Waals surface area contributed by atoms with E-state index >= 15 is 0 Å². The molecule has 1 saturated heterocycles. The van der Waals surface area contributed by atoms with Crippen LogP contribution in [0.4, 0.5) is 5.69 Å². The average Bonchev–Trinajstić information content (AvgIpc) is 2.79. The van der Waals surface area contributed by atoms with E-state index in [1.165, 1.54) is 7.11 Å². The van der Waals surface area contributed by atoms with Gasteiger partial charge in [0, 0.05) is 25.4 Å². The molecule has 1 aliphatic rings. The van der Waals surface area contributed by atoms with Gasteiger partial charge in [0.25, 0.3) is 0 Å². The number of esters is 1. The van der Waals surface area contributed by atoms with Gasteiger partial charge in [0.1, 0.15) is 0 Å². The minimum atomic E-state index is -0.479. The van der Waals surface area contributed by atoms with Crippen LogP contribution in [0.3, 0.4) is 0 Å². The molecular weight excluding hydrogens is 380 g/mol. The van der Waals surface area contributed by atoms with Crippen LogP contribution in [0.25, 0.3) is 0 Å². The third kappa shape index (κ3) is 5.26. The number of para-hydroxylation sites is 1. The first-order valence-electron chi connectivity index (χ1n) is 10.3. The fourth-order valence-electron chi connectivity index (χ4n) is 3.78. The van der Waals surface area contributed by atoms with E-state index in [2.05, 4.69) is 5.32 Å². The number of aryl methyl sites for hydroxylation is 2. The number of hydrogen-bond acceptors (Lipinski definition) is 4. The summed E-state index contributed by atoms with van der Waals surface area (Å²) in [5, 5.41) is 2.91. The molecule has 158 valence electrons. The van der Waals surface area contributed by atoms with Gasteiger partial charge in [-0.3, -0.25) is 9.59 Å². The van der Waals surface area contributed by atoms with Gasteiger partial charge in [0.05, 0.1) is 18.4 Å². The van der Waals surface area contributed by atoms with Crippen molar-refractivity contribution in [3.8, 4) is 0 Å². The Kier molecular flexibility index (Phi) is 7.22. The van der Waals surface area contributed by atoms with E-state index in [1.54, 1.807) is 12.1 Å². The third-order valence-corrected chi connectivity index (χ3v) is 5.62. The Hall–Kier alpha value is -3.15. The quantitative estimate of drug-likeness (QED) is 0.741. The van der Waals surface area contributed by atoms with Crippen molar-refractivity contribution in [3.05, 3.63) is 65.2 Å². The predicted octanol–water partition coefficient (Wildman–Crippen LogP) is 3.59. The number of benzene rings is 2. The number of carbonyl (C=O) groups excluding carboxylic acids is 3. The lowest BCUT2D eigenvalue weighted by Crippen LogP contribution is -2.41. The van der Waals surface area contributed by atoms with Gasteiger partial charge in [-0.25, -0.2) is 4.79 Å². The highest BCUT2D eigenvalue weighted by Crippen LogP contribution is 2.25. The molecule has 3 rings (SSSR count). The molecule has 2 aromatic carbocycles. The van der Waals surface area contributed by atoms with E-state index in [9.17, 15) is 14.4 Å². The number of ether oxygens (including phenoxy) is 1. The third-order valence-electron chi connectivity index (χ3n) is 5.62. The van der Waals surface area contributed by atoms with Gasteiger partial charge in [-0.15, -0.1) is 0 Å². The van der Waals surface area contributed by atoms with Crippen LogP contribution in [0.5, 0.6) is 0 Å². The Labute approximate surface area is 177 Å². The van der Waals surface area contributed by atoms with Crippen LogP contribution in [-0.2, 0) is 20.7 Å². The first kappa shape index (κ1) is 21.6. The molecule has 1 fully saturated rings. The van der Waals surface area contributed by atoms with Gasteiger partial charge in [0.2, 0.25) is 11.8 Å². The van der Waals surface area contributed by atoms with Crippen LogP contribution >= 0.6 is 0 Å². The molecule has 0 unspecified atom stereocenters. The number of anilines is 1. The number of nitrogens with one attached hydrogen (secondary N) is 1. The summed E-state index contributed by atoms with van der Waals surface area (Å²) >= 11 is 0. The maximum atomic E-state index is 12.8. The minimum absolute atomic E-state index is 0.120. The normalized spacial score (nSPS) is 14.3. The molecule has 30 heavy (non-hydrogen) atoms. The zero-order chi connectivity index (χ0) is 21.5. The number of methoxy groups -OCH3 is 1. The first-order chi connectivity index (χ1) is 14.5. The van der Waals surface area contributed by atoms with Crippen LogP contribution in [-0.4, -0.2) is 42.9 Å². The first-order valence-corrected chi connectivity index (χ1v) is 10.3. The molecule has 1 aliphatic heterocycles. The van der Waals surface area contributed by atoms with Crippen molar-refractivity contribution in [2.24, 2.45) is 5.92 Å². The van der Waals surface area contributed by atoms with E-state index in [4.69, 9.17) is 4.74 Å². The van der Waals surface area contributed by atoms with Gasteiger partial charge in [-0.05, 0) is 43.4 Å². The van der Waals surface area contributed by atoms with Crippen molar-refractivity contribution in [1.82, 2.24) is 4.90 Å². The molecule has 0 aromatic heterocycles. The number of piperidine rings is 1. The molecule has 0 saturated carbocycles. The molecule has 0 radical (unpaired) electrons. The fraction of sp³-hybridized carbons (Fsp3) is 0.375. The maximum absolute atomic E-state index is 12.8. The Morgan fingerprint density at radius 3 is 2.40 bits per heavy atom. The van der Waals surface area contributed by atoms with Crippen molar-refractivity contribution >= 4 is 23.5 Å². The summed E-state index contributed by atoms with van der Waals surface area (Å²) in [6.07, 6.45) is 2.43. The Morgan fingerprint density at radius 1 is 1.03 bits per heavy atom. The molecule has 0 spiro atoms. The van der Waals surface area contributed by atoms with Crippen LogP contribution in [0.15, 0.2) is 48.5 Å². The summed E-state index contributed by atoms with van der Waals surface area (Å²) in [7, 11) is 1.32. The summed E-state index contributed by atoms with van der Waals surface area (Å²) in [5.41, 5.74) is 2.80. The summed E-state index contributed by atoms with van der Waals surface area (Å²) in [5.74, 6) is -0.656. The van der Waals surface area contributed by atoms with Crippen LogP contribution in [0.1, 0.15) is 40.7 Å². The number of likely N-dealkylation sites (tertiary alicyclic amines) is 1. The molecule has 2 aromatic rings. The van der Waals surface area contributed by atoms with Gasteiger partial charge in [-0.1, -0.05) is 42.5 Å². The van der Waals surface area contributed by atoms with Gasteiger partial charge in [0.15, 0.2) is 0 Å². The van der Waals surface area contributed by atoms with Crippen molar-refractivity contribution in [2.75, 3.05) is 25.5 Å². The average molecular weight is 408 g/mol. The largest absolute Gasteiger partial charge is 0.465 e.